The smallest absolute Gasteiger partial charge is 0.259 e. The van der Waals surface area contributed by atoms with E-state index >= 15 is 0 Å². The number of rotatable bonds is 6. The predicted octanol–water partition coefficient (Wildman–Crippen LogP) is 5.57. The molecule has 1 aliphatic carbocycles. The fraction of sp³-hybridized carbons (Fsp3) is 0.364. The molecule has 32 heavy (non-hydrogen) atoms. The number of benzene rings is 1. The molecule has 3 aromatic heterocycles. The molecule has 2 atom stereocenters. The summed E-state index contributed by atoms with van der Waals surface area (Å²) < 4.78 is 6.18. The van der Waals surface area contributed by atoms with Crippen molar-refractivity contribution in [2.24, 2.45) is 5.92 Å². The topological polar surface area (TPSA) is 92.8 Å². The van der Waals surface area contributed by atoms with Crippen molar-refractivity contribution in [2.75, 3.05) is 12.4 Å². The molecule has 5 rings (SSSR count). The molecular formula is C22H23N5O2S3. The molecule has 0 saturated heterocycles. The molecule has 0 amide bonds. The number of aryl methyl sites for hydroxylation is 1. The first kappa shape index (κ1) is 21.4. The molecule has 166 valence electrons. The highest BCUT2D eigenvalue weighted by Crippen LogP contribution is 2.39. The minimum atomic E-state index is -0.0581. The number of nitrogens with one attached hydrogen (secondary N) is 2. The molecule has 0 spiro atoms. The van der Waals surface area contributed by atoms with Crippen LogP contribution in [0.1, 0.15) is 41.8 Å². The summed E-state index contributed by atoms with van der Waals surface area (Å²) in [6.07, 6.45) is 3.15. The Kier molecular flexibility index (Phi) is 5.92. The molecule has 1 aliphatic rings. The Labute approximate surface area is 197 Å². The number of H-pyrrole nitrogens is 1. The second-order valence-corrected chi connectivity index (χ2v) is 11.6. The maximum atomic E-state index is 12.9. The third kappa shape index (κ3) is 4.14. The molecule has 1 aromatic carbocycles. The van der Waals surface area contributed by atoms with Gasteiger partial charge in [-0.25, -0.2) is 4.98 Å². The van der Waals surface area contributed by atoms with Gasteiger partial charge in [0.2, 0.25) is 5.13 Å². The van der Waals surface area contributed by atoms with Gasteiger partial charge in [0.15, 0.2) is 4.34 Å². The monoisotopic (exact) mass is 485 g/mol. The summed E-state index contributed by atoms with van der Waals surface area (Å²) in [7, 11) is 1.64. The van der Waals surface area contributed by atoms with Crippen LogP contribution in [0.3, 0.4) is 0 Å². The summed E-state index contributed by atoms with van der Waals surface area (Å²) in [5.41, 5.74) is 2.02. The van der Waals surface area contributed by atoms with Crippen LogP contribution in [0.25, 0.3) is 10.2 Å². The van der Waals surface area contributed by atoms with Crippen molar-refractivity contribution in [2.45, 2.75) is 42.7 Å². The van der Waals surface area contributed by atoms with Crippen molar-refractivity contribution in [3.05, 3.63) is 50.9 Å². The second-order valence-electron chi connectivity index (χ2n) is 7.94. The minimum Gasteiger partial charge on any atom is -0.495 e. The van der Waals surface area contributed by atoms with Gasteiger partial charge < -0.3 is 15.0 Å². The van der Waals surface area contributed by atoms with E-state index in [0.717, 1.165) is 45.3 Å². The van der Waals surface area contributed by atoms with Crippen molar-refractivity contribution < 1.29 is 4.74 Å². The van der Waals surface area contributed by atoms with Gasteiger partial charge in [0.05, 0.1) is 23.4 Å². The number of ether oxygens (including phenoxy) is 1. The van der Waals surface area contributed by atoms with Crippen molar-refractivity contribution in [3.63, 3.8) is 0 Å². The maximum Gasteiger partial charge on any atom is 0.259 e. The standard InChI is InChI=1S/C22H23N5O2S3/c1-11-8-9-13-16(10-11)31-20-17(13)19(28)24-18(25-20)12(2)30-22-27-26-21(32-22)23-14-6-4-5-7-15(14)29-3/h4-7,11-12H,8-10H2,1-3H3,(H,23,26)(H,24,25,28)/t11-,12-/m1/s1. The number of aromatic nitrogens is 4. The fourth-order valence-electron chi connectivity index (χ4n) is 3.94. The summed E-state index contributed by atoms with van der Waals surface area (Å²) in [5.74, 6) is 2.08. The quantitative estimate of drug-likeness (QED) is 0.345. The Bertz CT molecular complexity index is 1330. The van der Waals surface area contributed by atoms with Crippen LogP contribution in [-0.4, -0.2) is 27.3 Å². The molecular weight excluding hydrogens is 462 g/mol. The van der Waals surface area contributed by atoms with Gasteiger partial charge in [0.1, 0.15) is 16.4 Å². The normalized spacial score (nSPS) is 16.7. The lowest BCUT2D eigenvalue weighted by Crippen LogP contribution is -2.15. The number of anilines is 2. The van der Waals surface area contributed by atoms with Crippen LogP contribution < -0.4 is 15.6 Å². The summed E-state index contributed by atoms with van der Waals surface area (Å²) in [6.45, 7) is 4.30. The highest BCUT2D eigenvalue weighted by molar-refractivity contribution is 8.01. The fourth-order valence-corrected chi connectivity index (χ4v) is 7.29. The zero-order valence-corrected chi connectivity index (χ0v) is 20.4. The highest BCUT2D eigenvalue weighted by Gasteiger charge is 2.24. The van der Waals surface area contributed by atoms with Crippen molar-refractivity contribution in [1.82, 2.24) is 20.2 Å². The van der Waals surface area contributed by atoms with Crippen LogP contribution in [0.2, 0.25) is 0 Å². The van der Waals surface area contributed by atoms with Crippen LogP contribution in [0.5, 0.6) is 5.75 Å². The van der Waals surface area contributed by atoms with Gasteiger partial charge in [-0.1, -0.05) is 42.2 Å². The number of fused-ring (bicyclic) bond motifs is 3. The lowest BCUT2D eigenvalue weighted by Gasteiger charge is -2.17. The van der Waals surface area contributed by atoms with E-state index in [1.165, 1.54) is 33.5 Å². The first-order valence-corrected chi connectivity index (χ1v) is 13.0. The lowest BCUT2D eigenvalue weighted by atomic mass is 9.89. The molecule has 0 aliphatic heterocycles. The first-order chi connectivity index (χ1) is 15.5. The zero-order valence-electron chi connectivity index (χ0n) is 18.0. The lowest BCUT2D eigenvalue weighted by molar-refractivity contribution is 0.417. The molecule has 2 N–H and O–H groups in total. The highest BCUT2D eigenvalue weighted by atomic mass is 32.2. The van der Waals surface area contributed by atoms with E-state index in [9.17, 15) is 4.79 Å². The SMILES string of the molecule is COc1ccccc1Nc1nnc(S[C@H](C)c2nc3sc4c(c3c(=O)[nH]2)CC[C@@H](C)C4)s1. The summed E-state index contributed by atoms with van der Waals surface area (Å²) in [4.78, 5) is 22.9. The minimum absolute atomic E-state index is 0.0275. The maximum absolute atomic E-state index is 12.9. The molecule has 0 fully saturated rings. The molecule has 7 nitrogen and oxygen atoms in total. The van der Waals surface area contributed by atoms with Crippen LogP contribution in [-0.2, 0) is 12.8 Å². The zero-order chi connectivity index (χ0) is 22.2. The number of thiophene rings is 1. The van der Waals surface area contributed by atoms with Gasteiger partial charge >= 0.3 is 0 Å². The van der Waals surface area contributed by atoms with Crippen LogP contribution >= 0.6 is 34.4 Å². The van der Waals surface area contributed by atoms with Gasteiger partial charge in [-0.3, -0.25) is 4.79 Å². The number of aromatic amines is 1. The van der Waals surface area contributed by atoms with Gasteiger partial charge in [-0.15, -0.1) is 21.5 Å². The average molecular weight is 486 g/mol. The van der Waals surface area contributed by atoms with E-state index in [1.54, 1.807) is 18.4 Å². The van der Waals surface area contributed by atoms with E-state index in [0.29, 0.717) is 16.9 Å². The van der Waals surface area contributed by atoms with Gasteiger partial charge in [-0.05, 0) is 49.8 Å². The van der Waals surface area contributed by atoms with Crippen LogP contribution in [0, 0.1) is 5.92 Å². The summed E-state index contributed by atoms with van der Waals surface area (Å²) >= 11 is 4.67. The van der Waals surface area contributed by atoms with Crippen molar-refractivity contribution >= 4 is 55.5 Å². The van der Waals surface area contributed by atoms with Crippen LogP contribution in [0.4, 0.5) is 10.8 Å². The Morgan fingerprint density at radius 3 is 2.97 bits per heavy atom. The summed E-state index contributed by atoms with van der Waals surface area (Å²) in [6, 6.07) is 7.68. The Morgan fingerprint density at radius 2 is 2.12 bits per heavy atom. The Hall–Kier alpha value is -2.43. The van der Waals surface area contributed by atoms with Crippen LogP contribution in [0.15, 0.2) is 33.4 Å². The Morgan fingerprint density at radius 1 is 1.28 bits per heavy atom. The number of para-hydroxylation sites is 2. The van der Waals surface area contributed by atoms with E-state index < -0.39 is 0 Å². The first-order valence-electron chi connectivity index (χ1n) is 10.5. The number of nitrogens with zero attached hydrogens (tertiary/aromatic N) is 3. The largest absolute Gasteiger partial charge is 0.495 e. The predicted molar refractivity (Wildman–Crippen MR) is 132 cm³/mol. The molecule has 0 bridgehead atoms. The molecule has 4 aromatic rings. The third-order valence-electron chi connectivity index (χ3n) is 5.60. The molecule has 0 saturated carbocycles. The number of thioether (sulfide) groups is 1. The number of hydrogen-bond donors (Lipinski definition) is 2. The molecule has 0 unspecified atom stereocenters. The van der Waals surface area contributed by atoms with Crippen molar-refractivity contribution in [1.29, 1.82) is 0 Å². The third-order valence-corrected chi connectivity index (χ3v) is 8.78. The van der Waals surface area contributed by atoms with E-state index in [1.807, 2.05) is 31.2 Å². The summed E-state index contributed by atoms with van der Waals surface area (Å²) in [5, 5.41) is 13.2. The van der Waals surface area contributed by atoms with E-state index in [-0.39, 0.29) is 10.8 Å². The molecule has 3 heterocycles. The molecule has 0 radical (unpaired) electrons. The number of hydrogen-bond acceptors (Lipinski definition) is 9. The average Bonchev–Trinajstić information content (AvgIpc) is 3.37. The van der Waals surface area contributed by atoms with E-state index in [4.69, 9.17) is 9.72 Å². The van der Waals surface area contributed by atoms with Gasteiger partial charge in [0.25, 0.3) is 5.56 Å². The van der Waals surface area contributed by atoms with Gasteiger partial charge in [0, 0.05) is 4.88 Å². The molecule has 10 heteroatoms. The van der Waals surface area contributed by atoms with E-state index in [2.05, 4.69) is 27.4 Å². The Balaban J connectivity index is 1.35. The number of methoxy groups -OCH3 is 1. The van der Waals surface area contributed by atoms with Crippen molar-refractivity contribution in [3.8, 4) is 5.75 Å². The second kappa shape index (κ2) is 8.84. The van der Waals surface area contributed by atoms with Gasteiger partial charge in [-0.2, -0.15) is 0 Å².